The van der Waals surface area contributed by atoms with Crippen molar-refractivity contribution in [2.75, 3.05) is 0 Å². The van der Waals surface area contributed by atoms with E-state index in [4.69, 9.17) is 0 Å². The minimum atomic E-state index is -0.315. The zero-order chi connectivity index (χ0) is 14.7. The van der Waals surface area contributed by atoms with Crippen LogP contribution in [0, 0.1) is 13.8 Å². The second-order valence-electron chi connectivity index (χ2n) is 4.96. The highest BCUT2D eigenvalue weighted by molar-refractivity contribution is 5.79. The van der Waals surface area contributed by atoms with Gasteiger partial charge in [-0.3, -0.25) is 14.2 Å². The molecule has 0 bridgehead atoms. The summed E-state index contributed by atoms with van der Waals surface area (Å²) < 4.78 is 3.59. The van der Waals surface area contributed by atoms with E-state index in [1.165, 1.54) is 0 Å². The van der Waals surface area contributed by atoms with Crippen LogP contribution >= 0.6 is 0 Å². The predicted molar refractivity (Wildman–Crippen MR) is 76.2 cm³/mol. The van der Waals surface area contributed by atoms with E-state index >= 15 is 0 Å². The standard InChI is InChI=1S/C14H21N5O/c1-5-18-11(3)13(8-17-18)7-15-14(20)12(4)19-9-10(2)6-16-19/h6,8-9,12H,5,7H2,1-4H3,(H,15,20). The van der Waals surface area contributed by atoms with Crippen molar-refractivity contribution in [1.82, 2.24) is 24.9 Å². The number of aryl methyl sites for hydroxylation is 2. The lowest BCUT2D eigenvalue weighted by atomic mass is 10.2. The van der Waals surface area contributed by atoms with Crippen LogP contribution in [0.3, 0.4) is 0 Å². The molecule has 2 rings (SSSR count). The van der Waals surface area contributed by atoms with Gasteiger partial charge in [-0.2, -0.15) is 10.2 Å². The minimum absolute atomic E-state index is 0.0447. The van der Waals surface area contributed by atoms with Gasteiger partial charge in [0.15, 0.2) is 0 Å². The van der Waals surface area contributed by atoms with Crippen LogP contribution in [0.5, 0.6) is 0 Å². The van der Waals surface area contributed by atoms with Gasteiger partial charge in [-0.15, -0.1) is 0 Å². The van der Waals surface area contributed by atoms with Crippen molar-refractivity contribution in [3.05, 3.63) is 35.4 Å². The Kier molecular flexibility index (Phi) is 4.22. The average Bonchev–Trinajstić information content (AvgIpc) is 3.01. The average molecular weight is 275 g/mol. The normalized spacial score (nSPS) is 12.4. The maximum Gasteiger partial charge on any atom is 0.244 e. The molecule has 1 atom stereocenters. The number of rotatable bonds is 5. The van der Waals surface area contributed by atoms with Crippen LogP contribution < -0.4 is 5.32 Å². The van der Waals surface area contributed by atoms with Gasteiger partial charge in [-0.1, -0.05) is 0 Å². The molecule has 6 heteroatoms. The number of hydrogen-bond acceptors (Lipinski definition) is 3. The molecule has 0 saturated heterocycles. The second-order valence-corrected chi connectivity index (χ2v) is 4.96. The molecule has 0 fully saturated rings. The fourth-order valence-corrected chi connectivity index (χ4v) is 2.07. The summed E-state index contributed by atoms with van der Waals surface area (Å²) >= 11 is 0. The lowest BCUT2D eigenvalue weighted by molar-refractivity contribution is -0.124. The molecule has 0 spiro atoms. The molecule has 6 nitrogen and oxygen atoms in total. The molecule has 1 unspecified atom stereocenters. The molecule has 0 aliphatic heterocycles. The number of carbonyl (C=O) groups excluding carboxylic acids is 1. The van der Waals surface area contributed by atoms with Gasteiger partial charge in [-0.25, -0.2) is 0 Å². The van der Waals surface area contributed by atoms with Crippen molar-refractivity contribution in [2.45, 2.75) is 46.8 Å². The smallest absolute Gasteiger partial charge is 0.244 e. The molecule has 0 aliphatic carbocycles. The van der Waals surface area contributed by atoms with Crippen molar-refractivity contribution in [3.8, 4) is 0 Å². The van der Waals surface area contributed by atoms with Crippen molar-refractivity contribution in [1.29, 1.82) is 0 Å². The number of aromatic nitrogens is 4. The Morgan fingerprint density at radius 1 is 1.35 bits per heavy atom. The van der Waals surface area contributed by atoms with Gasteiger partial charge in [0, 0.05) is 30.5 Å². The summed E-state index contributed by atoms with van der Waals surface area (Å²) in [6.07, 6.45) is 5.42. The Morgan fingerprint density at radius 2 is 2.10 bits per heavy atom. The van der Waals surface area contributed by atoms with Gasteiger partial charge in [0.2, 0.25) is 5.91 Å². The van der Waals surface area contributed by atoms with E-state index in [0.29, 0.717) is 6.54 Å². The Hall–Kier alpha value is -2.11. The molecule has 2 aromatic rings. The van der Waals surface area contributed by atoms with E-state index in [9.17, 15) is 4.79 Å². The molecular formula is C14H21N5O. The minimum Gasteiger partial charge on any atom is -0.350 e. The molecule has 1 amide bonds. The van der Waals surface area contributed by atoms with Crippen LogP contribution in [0.25, 0.3) is 0 Å². The van der Waals surface area contributed by atoms with Crippen LogP contribution in [0.4, 0.5) is 0 Å². The maximum atomic E-state index is 12.1. The van der Waals surface area contributed by atoms with Crippen molar-refractivity contribution >= 4 is 5.91 Å². The summed E-state index contributed by atoms with van der Waals surface area (Å²) in [6.45, 7) is 9.18. The van der Waals surface area contributed by atoms with Gasteiger partial charge < -0.3 is 5.32 Å². The highest BCUT2D eigenvalue weighted by Gasteiger charge is 2.16. The zero-order valence-corrected chi connectivity index (χ0v) is 12.4. The van der Waals surface area contributed by atoms with Gasteiger partial charge >= 0.3 is 0 Å². The van der Waals surface area contributed by atoms with Crippen molar-refractivity contribution < 1.29 is 4.79 Å². The first-order valence-corrected chi connectivity index (χ1v) is 6.82. The molecule has 20 heavy (non-hydrogen) atoms. The van der Waals surface area contributed by atoms with Crippen molar-refractivity contribution in [3.63, 3.8) is 0 Å². The summed E-state index contributed by atoms with van der Waals surface area (Å²) in [5, 5.41) is 11.4. The van der Waals surface area contributed by atoms with E-state index in [-0.39, 0.29) is 11.9 Å². The largest absolute Gasteiger partial charge is 0.350 e. The fraction of sp³-hybridized carbons (Fsp3) is 0.500. The van der Waals surface area contributed by atoms with Gasteiger partial charge in [0.05, 0.1) is 12.4 Å². The summed E-state index contributed by atoms with van der Waals surface area (Å²) in [6, 6.07) is -0.315. The number of carbonyl (C=O) groups is 1. The number of nitrogens with one attached hydrogen (secondary N) is 1. The molecule has 0 aliphatic rings. The lowest BCUT2D eigenvalue weighted by Gasteiger charge is -2.12. The summed E-state index contributed by atoms with van der Waals surface area (Å²) in [5.74, 6) is -0.0447. The second kappa shape index (κ2) is 5.90. The van der Waals surface area contributed by atoms with Crippen LogP contribution in [-0.2, 0) is 17.9 Å². The number of hydrogen-bond donors (Lipinski definition) is 1. The Morgan fingerprint density at radius 3 is 2.65 bits per heavy atom. The van der Waals surface area contributed by atoms with E-state index in [0.717, 1.165) is 23.4 Å². The highest BCUT2D eigenvalue weighted by atomic mass is 16.2. The van der Waals surface area contributed by atoms with Crippen LogP contribution in [0.15, 0.2) is 18.6 Å². The Bertz CT molecular complexity index is 598. The third-order valence-corrected chi connectivity index (χ3v) is 3.46. The first-order chi connectivity index (χ1) is 9.52. The summed E-state index contributed by atoms with van der Waals surface area (Å²) in [4.78, 5) is 12.1. The lowest BCUT2D eigenvalue weighted by Crippen LogP contribution is -2.31. The molecular weight excluding hydrogens is 254 g/mol. The van der Waals surface area contributed by atoms with E-state index in [1.807, 2.05) is 44.8 Å². The summed E-state index contributed by atoms with van der Waals surface area (Å²) in [5.41, 5.74) is 3.18. The third kappa shape index (κ3) is 2.89. The third-order valence-electron chi connectivity index (χ3n) is 3.46. The first-order valence-electron chi connectivity index (χ1n) is 6.82. The molecule has 1 N–H and O–H groups in total. The van der Waals surface area contributed by atoms with E-state index in [1.54, 1.807) is 10.9 Å². The SMILES string of the molecule is CCn1ncc(CNC(=O)C(C)n2cc(C)cn2)c1C. The van der Waals surface area contributed by atoms with Gasteiger partial charge in [-0.05, 0) is 33.3 Å². The molecule has 2 aromatic heterocycles. The predicted octanol–water partition coefficient (Wildman–Crippen LogP) is 1.59. The van der Waals surface area contributed by atoms with Crippen LogP contribution in [0.1, 0.15) is 36.7 Å². The number of amides is 1. The molecule has 0 aromatic carbocycles. The first kappa shape index (κ1) is 14.3. The quantitative estimate of drug-likeness (QED) is 0.901. The van der Waals surface area contributed by atoms with E-state index in [2.05, 4.69) is 15.5 Å². The van der Waals surface area contributed by atoms with Gasteiger partial charge in [0.1, 0.15) is 6.04 Å². The molecule has 0 saturated carbocycles. The number of nitrogens with zero attached hydrogens (tertiary/aromatic N) is 4. The Labute approximate surface area is 118 Å². The van der Waals surface area contributed by atoms with Crippen LogP contribution in [0.2, 0.25) is 0 Å². The fourth-order valence-electron chi connectivity index (χ4n) is 2.07. The maximum absolute atomic E-state index is 12.1. The van der Waals surface area contributed by atoms with Gasteiger partial charge in [0.25, 0.3) is 0 Å². The summed E-state index contributed by atoms with van der Waals surface area (Å²) in [7, 11) is 0. The molecule has 0 radical (unpaired) electrons. The molecule has 2 heterocycles. The topological polar surface area (TPSA) is 64.7 Å². The monoisotopic (exact) mass is 275 g/mol. The van der Waals surface area contributed by atoms with E-state index < -0.39 is 0 Å². The Balaban J connectivity index is 1.96. The zero-order valence-electron chi connectivity index (χ0n) is 12.4. The molecule has 108 valence electrons. The van der Waals surface area contributed by atoms with Crippen LogP contribution in [-0.4, -0.2) is 25.5 Å². The highest BCUT2D eigenvalue weighted by Crippen LogP contribution is 2.09. The van der Waals surface area contributed by atoms with Crippen molar-refractivity contribution in [2.24, 2.45) is 0 Å².